The summed E-state index contributed by atoms with van der Waals surface area (Å²) in [6.45, 7) is 1.99. The molecule has 84 valence electrons. The minimum absolute atomic E-state index is 0.0476. The van der Waals surface area contributed by atoms with Crippen LogP contribution in [0.2, 0.25) is 0 Å². The van der Waals surface area contributed by atoms with Crippen molar-refractivity contribution in [2.75, 3.05) is 10.6 Å². The van der Waals surface area contributed by atoms with Gasteiger partial charge in [-0.25, -0.2) is 4.98 Å². The van der Waals surface area contributed by atoms with Crippen molar-refractivity contribution in [3.63, 3.8) is 0 Å². The first-order chi connectivity index (χ1) is 7.70. The topological polar surface area (TPSA) is 57.8 Å². The number of para-hydroxylation sites is 1. The van der Waals surface area contributed by atoms with Crippen LogP contribution in [0.1, 0.15) is 12.0 Å². The third-order valence-corrected chi connectivity index (χ3v) is 2.69. The van der Waals surface area contributed by atoms with E-state index >= 15 is 0 Å². The highest BCUT2D eigenvalue weighted by Crippen LogP contribution is 2.17. The van der Waals surface area contributed by atoms with E-state index in [2.05, 4.69) is 31.2 Å². The molecule has 0 atom stereocenters. The molecule has 0 radical (unpaired) electrons. The maximum absolute atomic E-state index is 11.4. The van der Waals surface area contributed by atoms with Gasteiger partial charge < -0.3 is 4.98 Å². The summed E-state index contributed by atoms with van der Waals surface area (Å²) in [5, 5.41) is 3.37. The number of carbonyl (C=O) groups is 1. The monoisotopic (exact) mass is 281 g/mol. The standard InChI is InChI=1S/C11H12BrN3O/c1-7-3-2-4-8-10(7)15-11(13-8)14-9(16)5-6-12/h2-4H,5-6H2,1H3,(H2,13,14,15,16). The van der Waals surface area contributed by atoms with Crippen LogP contribution in [-0.4, -0.2) is 21.2 Å². The fourth-order valence-corrected chi connectivity index (χ4v) is 1.88. The Morgan fingerprint density at radius 2 is 2.38 bits per heavy atom. The first kappa shape index (κ1) is 11.1. The van der Waals surface area contributed by atoms with Crippen LogP contribution >= 0.6 is 15.9 Å². The summed E-state index contributed by atoms with van der Waals surface area (Å²) in [7, 11) is 0. The van der Waals surface area contributed by atoms with Crippen LogP contribution in [-0.2, 0) is 4.79 Å². The molecular weight excluding hydrogens is 270 g/mol. The molecule has 5 heteroatoms. The highest BCUT2D eigenvalue weighted by atomic mass is 79.9. The van der Waals surface area contributed by atoms with Gasteiger partial charge in [-0.05, 0) is 18.6 Å². The Kier molecular flexibility index (Phi) is 3.24. The lowest BCUT2D eigenvalue weighted by Crippen LogP contribution is -2.12. The number of aromatic amines is 1. The number of alkyl halides is 1. The van der Waals surface area contributed by atoms with Gasteiger partial charge >= 0.3 is 0 Å². The Morgan fingerprint density at radius 3 is 3.06 bits per heavy atom. The lowest BCUT2D eigenvalue weighted by molar-refractivity contribution is -0.115. The number of rotatable bonds is 3. The van der Waals surface area contributed by atoms with Crippen LogP contribution in [0.15, 0.2) is 18.2 Å². The van der Waals surface area contributed by atoms with Gasteiger partial charge in [-0.3, -0.25) is 10.1 Å². The average Bonchev–Trinajstić information content (AvgIpc) is 2.62. The van der Waals surface area contributed by atoms with Gasteiger partial charge in [0.15, 0.2) is 0 Å². The van der Waals surface area contributed by atoms with Crippen LogP contribution in [0.4, 0.5) is 5.95 Å². The van der Waals surface area contributed by atoms with Crippen molar-refractivity contribution < 1.29 is 4.79 Å². The van der Waals surface area contributed by atoms with Gasteiger partial charge in [0.1, 0.15) is 0 Å². The van der Waals surface area contributed by atoms with Gasteiger partial charge in [0.05, 0.1) is 11.0 Å². The van der Waals surface area contributed by atoms with E-state index in [4.69, 9.17) is 0 Å². The van der Waals surface area contributed by atoms with E-state index in [1.807, 2.05) is 25.1 Å². The highest BCUT2D eigenvalue weighted by Gasteiger charge is 2.07. The molecule has 0 saturated heterocycles. The lowest BCUT2D eigenvalue weighted by Gasteiger charge is -1.97. The molecule has 2 aromatic rings. The number of amides is 1. The fourth-order valence-electron chi connectivity index (χ4n) is 1.52. The molecule has 0 aliphatic carbocycles. The molecule has 16 heavy (non-hydrogen) atoms. The predicted octanol–water partition coefficient (Wildman–Crippen LogP) is 2.59. The van der Waals surface area contributed by atoms with E-state index in [9.17, 15) is 4.79 Å². The molecule has 2 rings (SSSR count). The molecule has 0 fully saturated rings. The molecule has 1 aromatic carbocycles. The van der Waals surface area contributed by atoms with E-state index in [0.29, 0.717) is 17.7 Å². The van der Waals surface area contributed by atoms with Crippen LogP contribution in [0, 0.1) is 6.92 Å². The summed E-state index contributed by atoms with van der Waals surface area (Å²) >= 11 is 3.22. The molecule has 0 bridgehead atoms. The number of nitrogens with zero attached hydrogens (tertiary/aromatic N) is 1. The largest absolute Gasteiger partial charge is 0.324 e. The SMILES string of the molecule is Cc1cccc2[nH]c(NC(=O)CCBr)nc12. The van der Waals surface area contributed by atoms with Crippen LogP contribution < -0.4 is 5.32 Å². The molecular formula is C11H12BrN3O. The summed E-state index contributed by atoms with van der Waals surface area (Å²) in [6, 6.07) is 5.89. The second kappa shape index (κ2) is 4.65. The van der Waals surface area contributed by atoms with Gasteiger partial charge in [-0.2, -0.15) is 0 Å². The van der Waals surface area contributed by atoms with Crippen molar-refractivity contribution >= 4 is 38.8 Å². The normalized spacial score (nSPS) is 10.6. The molecule has 1 amide bonds. The van der Waals surface area contributed by atoms with Crippen molar-refractivity contribution in [3.8, 4) is 0 Å². The molecule has 1 heterocycles. The van der Waals surface area contributed by atoms with Gasteiger partial charge in [-0.15, -0.1) is 0 Å². The highest BCUT2D eigenvalue weighted by molar-refractivity contribution is 9.09. The Labute approximate surface area is 102 Å². The zero-order chi connectivity index (χ0) is 11.5. The van der Waals surface area contributed by atoms with Crippen LogP contribution in [0.25, 0.3) is 11.0 Å². The van der Waals surface area contributed by atoms with Crippen molar-refractivity contribution in [2.24, 2.45) is 0 Å². The van der Waals surface area contributed by atoms with Crippen molar-refractivity contribution in [1.82, 2.24) is 9.97 Å². The van der Waals surface area contributed by atoms with E-state index in [1.165, 1.54) is 0 Å². The Hall–Kier alpha value is -1.36. The van der Waals surface area contributed by atoms with Gasteiger partial charge in [0.25, 0.3) is 0 Å². The second-order valence-electron chi connectivity index (χ2n) is 3.54. The zero-order valence-corrected chi connectivity index (χ0v) is 10.5. The summed E-state index contributed by atoms with van der Waals surface area (Å²) in [5.74, 6) is 0.462. The van der Waals surface area contributed by atoms with E-state index in [0.717, 1.165) is 16.6 Å². The zero-order valence-electron chi connectivity index (χ0n) is 8.88. The number of halogens is 1. The number of imidazole rings is 1. The lowest BCUT2D eigenvalue weighted by atomic mass is 10.2. The first-order valence-corrected chi connectivity index (χ1v) is 6.14. The number of nitrogens with one attached hydrogen (secondary N) is 2. The molecule has 0 unspecified atom stereocenters. The number of anilines is 1. The molecule has 4 nitrogen and oxygen atoms in total. The van der Waals surface area contributed by atoms with Gasteiger partial charge in [0.2, 0.25) is 11.9 Å². The van der Waals surface area contributed by atoms with Crippen LogP contribution in [0.5, 0.6) is 0 Å². The molecule has 2 N–H and O–H groups in total. The smallest absolute Gasteiger partial charge is 0.227 e. The molecule has 0 aliphatic rings. The molecule has 1 aromatic heterocycles. The Morgan fingerprint density at radius 1 is 1.56 bits per heavy atom. The number of aromatic nitrogens is 2. The van der Waals surface area contributed by atoms with E-state index in [-0.39, 0.29) is 5.91 Å². The number of fused-ring (bicyclic) bond motifs is 1. The summed E-state index contributed by atoms with van der Waals surface area (Å²) < 4.78 is 0. The van der Waals surface area contributed by atoms with Gasteiger partial charge in [0, 0.05) is 11.8 Å². The maximum atomic E-state index is 11.4. The van der Waals surface area contributed by atoms with Gasteiger partial charge in [-0.1, -0.05) is 28.1 Å². The third-order valence-electron chi connectivity index (χ3n) is 2.29. The Bertz CT molecular complexity index is 521. The predicted molar refractivity (Wildman–Crippen MR) is 67.9 cm³/mol. The quantitative estimate of drug-likeness (QED) is 0.850. The summed E-state index contributed by atoms with van der Waals surface area (Å²) in [6.07, 6.45) is 0.441. The number of benzene rings is 1. The number of carbonyl (C=O) groups excluding carboxylic acids is 1. The maximum Gasteiger partial charge on any atom is 0.227 e. The number of H-pyrrole nitrogens is 1. The average molecular weight is 282 g/mol. The second-order valence-corrected chi connectivity index (χ2v) is 4.34. The van der Waals surface area contributed by atoms with E-state index < -0.39 is 0 Å². The molecule has 0 saturated carbocycles. The fraction of sp³-hybridized carbons (Fsp3) is 0.273. The summed E-state index contributed by atoms with van der Waals surface area (Å²) in [5.41, 5.74) is 2.93. The molecule has 0 spiro atoms. The van der Waals surface area contributed by atoms with Crippen molar-refractivity contribution in [3.05, 3.63) is 23.8 Å². The van der Waals surface area contributed by atoms with Crippen LogP contribution in [0.3, 0.4) is 0 Å². The minimum Gasteiger partial charge on any atom is -0.324 e. The number of aryl methyl sites for hydroxylation is 1. The minimum atomic E-state index is -0.0476. The van der Waals surface area contributed by atoms with E-state index in [1.54, 1.807) is 0 Å². The summed E-state index contributed by atoms with van der Waals surface area (Å²) in [4.78, 5) is 18.8. The number of hydrogen-bond donors (Lipinski definition) is 2. The van der Waals surface area contributed by atoms with Crippen molar-refractivity contribution in [1.29, 1.82) is 0 Å². The van der Waals surface area contributed by atoms with Crippen molar-refractivity contribution in [2.45, 2.75) is 13.3 Å². The first-order valence-electron chi connectivity index (χ1n) is 5.02. The molecule has 0 aliphatic heterocycles. The number of hydrogen-bond acceptors (Lipinski definition) is 2. The Balaban J connectivity index is 2.26. The third kappa shape index (κ3) is 2.24.